The van der Waals surface area contributed by atoms with E-state index in [1.165, 1.54) is 14.2 Å². The summed E-state index contributed by atoms with van der Waals surface area (Å²) in [6, 6.07) is 3.22. The van der Waals surface area contributed by atoms with E-state index in [9.17, 15) is 4.79 Å². The van der Waals surface area contributed by atoms with Gasteiger partial charge >= 0.3 is 0 Å². The monoisotopic (exact) mass is 389 g/mol. The van der Waals surface area contributed by atoms with E-state index in [0.717, 1.165) is 18.7 Å². The topological polar surface area (TPSA) is 116 Å². The van der Waals surface area contributed by atoms with Gasteiger partial charge in [-0.05, 0) is 44.9 Å². The van der Waals surface area contributed by atoms with Crippen molar-refractivity contribution in [1.82, 2.24) is 20.1 Å². The zero-order valence-corrected chi connectivity index (χ0v) is 16.5. The number of amides is 1. The first-order chi connectivity index (χ1) is 13.6. The number of aromatic nitrogens is 3. The number of nitrogens with two attached hydrogens (primary N) is 1. The molecule has 1 aliphatic rings. The summed E-state index contributed by atoms with van der Waals surface area (Å²) in [4.78, 5) is 19.4. The number of likely N-dealkylation sites (tertiary alicyclic amines) is 1. The van der Waals surface area contributed by atoms with Crippen LogP contribution >= 0.6 is 0 Å². The molecule has 1 amide bonds. The molecule has 0 aliphatic carbocycles. The molecule has 0 radical (unpaired) electrons. The number of nitrogens with zero attached hydrogens (tertiary/aromatic N) is 3. The van der Waals surface area contributed by atoms with Crippen LogP contribution < -0.4 is 19.9 Å². The summed E-state index contributed by atoms with van der Waals surface area (Å²) in [6.45, 7) is 3.46. The van der Waals surface area contributed by atoms with Gasteiger partial charge in [-0.25, -0.2) is 4.98 Å². The highest BCUT2D eigenvalue weighted by Gasteiger charge is 2.34. The molecule has 2 heterocycles. The quantitative estimate of drug-likeness (QED) is 0.662. The Labute approximate surface area is 164 Å². The van der Waals surface area contributed by atoms with Gasteiger partial charge < -0.3 is 24.8 Å². The van der Waals surface area contributed by atoms with Crippen molar-refractivity contribution in [3.05, 3.63) is 29.3 Å². The van der Waals surface area contributed by atoms with Crippen LogP contribution in [0, 0.1) is 6.92 Å². The van der Waals surface area contributed by atoms with Crippen molar-refractivity contribution < 1.29 is 19.0 Å². The molecule has 1 atom stereocenters. The summed E-state index contributed by atoms with van der Waals surface area (Å²) in [6.07, 6.45) is 2.44. The number of carbonyl (C=O) groups excluding carboxylic acids is 1. The lowest BCUT2D eigenvalue weighted by Crippen LogP contribution is -2.31. The van der Waals surface area contributed by atoms with Gasteiger partial charge in [-0.15, -0.1) is 0 Å². The minimum atomic E-state index is -0.144. The van der Waals surface area contributed by atoms with Gasteiger partial charge in [-0.3, -0.25) is 9.89 Å². The van der Waals surface area contributed by atoms with Crippen LogP contribution in [0.3, 0.4) is 0 Å². The van der Waals surface area contributed by atoms with Crippen molar-refractivity contribution in [3.63, 3.8) is 0 Å². The van der Waals surface area contributed by atoms with Crippen molar-refractivity contribution in [1.29, 1.82) is 0 Å². The molecule has 3 rings (SSSR count). The van der Waals surface area contributed by atoms with Crippen LogP contribution in [0.25, 0.3) is 0 Å². The fraction of sp³-hybridized carbons (Fsp3) is 0.526. The van der Waals surface area contributed by atoms with Gasteiger partial charge in [-0.2, -0.15) is 5.10 Å². The highest BCUT2D eigenvalue weighted by Crippen LogP contribution is 2.40. The van der Waals surface area contributed by atoms with Crippen molar-refractivity contribution in [2.24, 2.45) is 5.73 Å². The average Bonchev–Trinajstić information content (AvgIpc) is 3.36. The van der Waals surface area contributed by atoms with Gasteiger partial charge in [0.2, 0.25) is 5.75 Å². The summed E-state index contributed by atoms with van der Waals surface area (Å²) in [5.41, 5.74) is 6.00. The number of benzene rings is 1. The summed E-state index contributed by atoms with van der Waals surface area (Å²) in [5, 5.41) is 7.09. The van der Waals surface area contributed by atoms with Crippen LogP contribution in [-0.4, -0.2) is 59.9 Å². The predicted molar refractivity (Wildman–Crippen MR) is 103 cm³/mol. The van der Waals surface area contributed by atoms with Crippen molar-refractivity contribution in [2.45, 2.75) is 32.2 Å². The Balaban J connectivity index is 1.88. The Morgan fingerprint density at radius 3 is 2.61 bits per heavy atom. The molecule has 9 heteroatoms. The van der Waals surface area contributed by atoms with Crippen LogP contribution in [-0.2, 0) is 0 Å². The number of rotatable bonds is 8. The average molecular weight is 389 g/mol. The van der Waals surface area contributed by atoms with Gasteiger partial charge in [0.25, 0.3) is 5.91 Å². The molecule has 0 saturated carbocycles. The third-order valence-corrected chi connectivity index (χ3v) is 4.73. The maximum atomic E-state index is 13.2. The Bertz CT molecular complexity index is 797. The van der Waals surface area contributed by atoms with Gasteiger partial charge in [0.1, 0.15) is 5.82 Å². The number of H-pyrrole nitrogens is 1. The fourth-order valence-corrected chi connectivity index (χ4v) is 3.36. The van der Waals surface area contributed by atoms with Crippen molar-refractivity contribution in [2.75, 3.05) is 33.9 Å². The van der Waals surface area contributed by atoms with E-state index in [0.29, 0.717) is 54.8 Å². The van der Waals surface area contributed by atoms with Gasteiger partial charge in [-0.1, -0.05) is 0 Å². The molecule has 28 heavy (non-hydrogen) atoms. The summed E-state index contributed by atoms with van der Waals surface area (Å²) < 4.78 is 16.7. The number of nitrogens with one attached hydrogen (secondary N) is 1. The summed E-state index contributed by atoms with van der Waals surface area (Å²) in [5.74, 6) is 2.63. The van der Waals surface area contributed by atoms with E-state index in [2.05, 4.69) is 15.2 Å². The summed E-state index contributed by atoms with van der Waals surface area (Å²) in [7, 11) is 3.07. The molecular formula is C19H27N5O4. The lowest BCUT2D eigenvalue weighted by atomic mass is 10.1. The Hall–Kier alpha value is -2.81. The molecule has 3 N–H and O–H groups in total. The predicted octanol–water partition coefficient (Wildman–Crippen LogP) is 1.84. The second-order valence-corrected chi connectivity index (χ2v) is 6.64. The summed E-state index contributed by atoms with van der Waals surface area (Å²) >= 11 is 0. The maximum Gasteiger partial charge on any atom is 0.254 e. The number of aryl methyl sites for hydroxylation is 1. The first kappa shape index (κ1) is 19.9. The Morgan fingerprint density at radius 1 is 1.32 bits per heavy atom. The van der Waals surface area contributed by atoms with Crippen molar-refractivity contribution in [3.8, 4) is 17.2 Å². The SMILES string of the molecule is COc1cc(C(=O)N2CCC[C@@H]2c2n[nH]c(C)n2)cc(OC)c1OCCCN. The van der Waals surface area contributed by atoms with Crippen molar-refractivity contribution >= 4 is 5.91 Å². The minimum Gasteiger partial charge on any atom is -0.493 e. The highest BCUT2D eigenvalue weighted by molar-refractivity contribution is 5.96. The normalized spacial score (nSPS) is 16.3. The fourth-order valence-electron chi connectivity index (χ4n) is 3.36. The van der Waals surface area contributed by atoms with E-state index >= 15 is 0 Å². The Morgan fingerprint density at radius 2 is 2.04 bits per heavy atom. The third kappa shape index (κ3) is 4.04. The number of methoxy groups -OCH3 is 2. The molecule has 1 aromatic heterocycles. The molecule has 9 nitrogen and oxygen atoms in total. The second kappa shape index (κ2) is 8.92. The number of aromatic amines is 1. The van der Waals surface area contributed by atoms with E-state index < -0.39 is 0 Å². The molecule has 2 aromatic rings. The number of ether oxygens (including phenoxy) is 3. The number of carbonyl (C=O) groups is 1. The minimum absolute atomic E-state index is 0.116. The van der Waals surface area contributed by atoms with Gasteiger partial charge in [0.15, 0.2) is 17.3 Å². The zero-order valence-electron chi connectivity index (χ0n) is 16.5. The van der Waals surface area contributed by atoms with E-state index in [1.807, 2.05) is 6.92 Å². The maximum absolute atomic E-state index is 13.2. The molecule has 1 aliphatic heterocycles. The molecule has 152 valence electrons. The first-order valence-corrected chi connectivity index (χ1v) is 9.37. The number of hydrogen-bond donors (Lipinski definition) is 2. The van der Waals surface area contributed by atoms with Crippen LogP contribution in [0.5, 0.6) is 17.2 Å². The smallest absolute Gasteiger partial charge is 0.254 e. The molecule has 0 unspecified atom stereocenters. The lowest BCUT2D eigenvalue weighted by Gasteiger charge is -2.23. The van der Waals surface area contributed by atoms with E-state index in [-0.39, 0.29) is 11.9 Å². The molecule has 1 fully saturated rings. The molecular weight excluding hydrogens is 362 g/mol. The van der Waals surface area contributed by atoms with Crippen LogP contribution in [0.15, 0.2) is 12.1 Å². The lowest BCUT2D eigenvalue weighted by molar-refractivity contribution is 0.0729. The number of hydrogen-bond acceptors (Lipinski definition) is 7. The zero-order chi connectivity index (χ0) is 20.1. The first-order valence-electron chi connectivity index (χ1n) is 9.37. The second-order valence-electron chi connectivity index (χ2n) is 6.64. The van der Waals surface area contributed by atoms with E-state index in [4.69, 9.17) is 19.9 Å². The van der Waals surface area contributed by atoms with Crippen LogP contribution in [0.4, 0.5) is 0 Å². The standard InChI is InChI=1S/C19H27N5O4/c1-12-21-18(23-22-12)14-6-4-8-24(14)19(25)13-10-15(26-2)17(16(11-13)27-3)28-9-5-7-20/h10-11,14H,4-9,20H2,1-3H3,(H,21,22,23)/t14-/m1/s1. The molecule has 1 saturated heterocycles. The molecule has 1 aromatic carbocycles. The van der Waals surface area contributed by atoms with Gasteiger partial charge in [0.05, 0.1) is 26.9 Å². The molecule has 0 bridgehead atoms. The van der Waals surface area contributed by atoms with Gasteiger partial charge in [0, 0.05) is 12.1 Å². The Kier molecular flexibility index (Phi) is 6.35. The van der Waals surface area contributed by atoms with Crippen LogP contribution in [0.1, 0.15) is 47.3 Å². The van der Waals surface area contributed by atoms with E-state index in [1.54, 1.807) is 17.0 Å². The highest BCUT2D eigenvalue weighted by atomic mass is 16.5. The largest absolute Gasteiger partial charge is 0.493 e. The molecule has 0 spiro atoms. The third-order valence-electron chi connectivity index (χ3n) is 4.73. The van der Waals surface area contributed by atoms with Crippen LogP contribution in [0.2, 0.25) is 0 Å².